The molecule has 0 aliphatic carbocycles. The molecule has 0 aliphatic rings. The Balaban J connectivity index is 1.44. The SMILES string of the molecule is O=C(NCc1csc(Cc2ccccc2)n1)c1cc2ccccc2oc1=O. The van der Waals surface area contributed by atoms with E-state index in [0.29, 0.717) is 11.0 Å². The van der Waals surface area contributed by atoms with Gasteiger partial charge in [-0.15, -0.1) is 11.3 Å². The second kappa shape index (κ2) is 7.55. The Morgan fingerprint density at radius 1 is 1.07 bits per heavy atom. The zero-order valence-corrected chi connectivity index (χ0v) is 15.2. The van der Waals surface area contributed by atoms with Crippen LogP contribution in [0.2, 0.25) is 0 Å². The van der Waals surface area contributed by atoms with Crippen molar-refractivity contribution in [3.8, 4) is 0 Å². The van der Waals surface area contributed by atoms with Crippen LogP contribution in [-0.4, -0.2) is 10.9 Å². The van der Waals surface area contributed by atoms with Gasteiger partial charge in [-0.05, 0) is 17.7 Å². The molecule has 0 aliphatic heterocycles. The fraction of sp³-hybridized carbons (Fsp3) is 0.0952. The van der Waals surface area contributed by atoms with E-state index in [0.717, 1.165) is 17.1 Å². The molecule has 0 unspecified atom stereocenters. The van der Waals surface area contributed by atoms with E-state index in [2.05, 4.69) is 22.4 Å². The molecule has 1 amide bonds. The number of rotatable bonds is 5. The van der Waals surface area contributed by atoms with Crippen LogP contribution in [0.3, 0.4) is 0 Å². The fourth-order valence-corrected chi connectivity index (χ4v) is 3.60. The Hall–Kier alpha value is -3.25. The second-order valence-electron chi connectivity index (χ2n) is 6.06. The van der Waals surface area contributed by atoms with Gasteiger partial charge in [-0.3, -0.25) is 4.79 Å². The molecule has 134 valence electrons. The van der Waals surface area contributed by atoms with E-state index >= 15 is 0 Å². The number of hydrogen-bond donors (Lipinski definition) is 1. The minimum Gasteiger partial charge on any atom is -0.422 e. The summed E-state index contributed by atoms with van der Waals surface area (Å²) in [6, 6.07) is 18.7. The number of aromatic nitrogens is 1. The summed E-state index contributed by atoms with van der Waals surface area (Å²) in [4.78, 5) is 29.0. The van der Waals surface area contributed by atoms with E-state index in [1.807, 2.05) is 29.6 Å². The Morgan fingerprint density at radius 2 is 1.85 bits per heavy atom. The number of nitrogens with zero attached hydrogens (tertiary/aromatic N) is 1. The summed E-state index contributed by atoms with van der Waals surface area (Å²) in [6.07, 6.45) is 0.758. The summed E-state index contributed by atoms with van der Waals surface area (Å²) >= 11 is 1.55. The average Bonchev–Trinajstić information content (AvgIpc) is 3.13. The van der Waals surface area contributed by atoms with E-state index < -0.39 is 11.5 Å². The minimum absolute atomic E-state index is 0.00608. The Morgan fingerprint density at radius 3 is 2.70 bits per heavy atom. The van der Waals surface area contributed by atoms with Crippen LogP contribution in [0.25, 0.3) is 11.0 Å². The van der Waals surface area contributed by atoms with Gasteiger partial charge in [0.2, 0.25) is 0 Å². The summed E-state index contributed by atoms with van der Waals surface area (Å²) in [6.45, 7) is 0.260. The van der Waals surface area contributed by atoms with Crippen LogP contribution in [0.5, 0.6) is 0 Å². The molecule has 27 heavy (non-hydrogen) atoms. The van der Waals surface area contributed by atoms with Gasteiger partial charge in [0.15, 0.2) is 0 Å². The van der Waals surface area contributed by atoms with Crippen molar-refractivity contribution in [2.24, 2.45) is 0 Å². The van der Waals surface area contributed by atoms with Crippen LogP contribution in [-0.2, 0) is 13.0 Å². The van der Waals surface area contributed by atoms with Crippen molar-refractivity contribution in [3.63, 3.8) is 0 Å². The molecule has 0 bridgehead atoms. The molecule has 0 fully saturated rings. The van der Waals surface area contributed by atoms with Crippen molar-refractivity contribution in [1.29, 1.82) is 0 Å². The van der Waals surface area contributed by atoms with Gasteiger partial charge in [-0.2, -0.15) is 0 Å². The smallest absolute Gasteiger partial charge is 0.349 e. The second-order valence-corrected chi connectivity index (χ2v) is 7.01. The lowest BCUT2D eigenvalue weighted by Crippen LogP contribution is -2.28. The molecule has 4 aromatic rings. The summed E-state index contributed by atoms with van der Waals surface area (Å²) < 4.78 is 5.21. The first-order valence-electron chi connectivity index (χ1n) is 8.47. The number of carbonyl (C=O) groups is 1. The number of nitrogens with one attached hydrogen (secondary N) is 1. The highest BCUT2D eigenvalue weighted by atomic mass is 32.1. The van der Waals surface area contributed by atoms with E-state index in [4.69, 9.17) is 4.42 Å². The number of thiazole rings is 1. The molecule has 4 rings (SSSR count). The standard InChI is InChI=1S/C21H16N2O3S/c24-20(17-11-15-8-4-5-9-18(15)26-21(17)25)22-12-16-13-27-19(23-16)10-14-6-2-1-3-7-14/h1-9,11,13H,10,12H2,(H,22,24). The molecule has 0 saturated carbocycles. The third kappa shape index (κ3) is 3.96. The summed E-state index contributed by atoms with van der Waals surface area (Å²) in [7, 11) is 0. The molecule has 0 radical (unpaired) electrons. The Bertz CT molecular complexity index is 1150. The van der Waals surface area contributed by atoms with Gasteiger partial charge in [0.1, 0.15) is 11.1 Å². The molecule has 6 heteroatoms. The number of carbonyl (C=O) groups excluding carboxylic acids is 1. The van der Waals surface area contributed by atoms with Crippen LogP contribution in [0.1, 0.15) is 26.6 Å². The van der Waals surface area contributed by atoms with Crippen LogP contribution in [0.15, 0.2) is 75.3 Å². The summed E-state index contributed by atoms with van der Waals surface area (Å²) in [5, 5.41) is 6.35. The number of amides is 1. The number of hydrogen-bond acceptors (Lipinski definition) is 5. The quantitative estimate of drug-likeness (QED) is 0.538. The molecule has 2 aromatic carbocycles. The molecule has 0 spiro atoms. The lowest BCUT2D eigenvalue weighted by Gasteiger charge is -2.03. The first-order chi connectivity index (χ1) is 13.2. The van der Waals surface area contributed by atoms with Crippen molar-refractivity contribution in [2.75, 3.05) is 0 Å². The molecule has 0 atom stereocenters. The highest BCUT2D eigenvalue weighted by Crippen LogP contribution is 2.15. The van der Waals surface area contributed by atoms with E-state index in [9.17, 15) is 9.59 Å². The van der Waals surface area contributed by atoms with Gasteiger partial charge >= 0.3 is 5.63 Å². The van der Waals surface area contributed by atoms with Crippen molar-refractivity contribution in [2.45, 2.75) is 13.0 Å². The van der Waals surface area contributed by atoms with Gasteiger partial charge in [-0.25, -0.2) is 9.78 Å². The van der Waals surface area contributed by atoms with Crippen molar-refractivity contribution >= 4 is 28.2 Å². The third-order valence-corrected chi connectivity index (χ3v) is 5.01. The average molecular weight is 376 g/mol. The Kier molecular flexibility index (Phi) is 4.80. The predicted molar refractivity (Wildman–Crippen MR) is 105 cm³/mol. The molecule has 0 saturated heterocycles. The minimum atomic E-state index is -0.644. The molecule has 5 nitrogen and oxygen atoms in total. The fourth-order valence-electron chi connectivity index (χ4n) is 2.77. The summed E-state index contributed by atoms with van der Waals surface area (Å²) in [5.74, 6) is -0.466. The lowest BCUT2D eigenvalue weighted by atomic mass is 10.2. The molecule has 2 heterocycles. The number of fused-ring (bicyclic) bond motifs is 1. The maximum atomic E-state index is 12.4. The third-order valence-electron chi connectivity index (χ3n) is 4.11. The zero-order valence-electron chi connectivity index (χ0n) is 14.3. The predicted octanol–water partition coefficient (Wildman–Crippen LogP) is 3.77. The van der Waals surface area contributed by atoms with Crippen LogP contribution in [0.4, 0.5) is 0 Å². The molecule has 1 N–H and O–H groups in total. The monoisotopic (exact) mass is 376 g/mol. The largest absolute Gasteiger partial charge is 0.422 e. The van der Waals surface area contributed by atoms with Crippen molar-refractivity contribution in [1.82, 2.24) is 10.3 Å². The molecular weight excluding hydrogens is 360 g/mol. The van der Waals surface area contributed by atoms with Gasteiger partial charge in [0, 0.05) is 17.2 Å². The highest BCUT2D eigenvalue weighted by molar-refractivity contribution is 7.09. The molecular formula is C21H16N2O3S. The van der Waals surface area contributed by atoms with E-state index in [1.54, 1.807) is 35.6 Å². The topological polar surface area (TPSA) is 72.2 Å². The normalized spacial score (nSPS) is 10.8. The van der Waals surface area contributed by atoms with E-state index in [-0.39, 0.29) is 12.1 Å². The maximum Gasteiger partial charge on any atom is 0.349 e. The maximum absolute atomic E-state index is 12.4. The van der Waals surface area contributed by atoms with E-state index in [1.165, 1.54) is 5.56 Å². The zero-order chi connectivity index (χ0) is 18.6. The van der Waals surface area contributed by atoms with Crippen molar-refractivity contribution < 1.29 is 9.21 Å². The van der Waals surface area contributed by atoms with Crippen LogP contribution < -0.4 is 10.9 Å². The Labute approximate surface area is 159 Å². The first-order valence-corrected chi connectivity index (χ1v) is 9.35. The van der Waals surface area contributed by atoms with Crippen molar-refractivity contribution in [3.05, 3.63) is 98.3 Å². The number of benzene rings is 2. The lowest BCUT2D eigenvalue weighted by molar-refractivity contribution is 0.0947. The molecule has 2 aromatic heterocycles. The summed E-state index contributed by atoms with van der Waals surface area (Å²) in [5.41, 5.74) is 1.77. The van der Waals surface area contributed by atoms with Gasteiger partial charge < -0.3 is 9.73 Å². The van der Waals surface area contributed by atoms with Crippen LogP contribution in [0, 0.1) is 0 Å². The highest BCUT2D eigenvalue weighted by Gasteiger charge is 2.14. The van der Waals surface area contributed by atoms with Gasteiger partial charge in [0.05, 0.1) is 17.2 Å². The van der Waals surface area contributed by atoms with Crippen LogP contribution >= 0.6 is 11.3 Å². The number of para-hydroxylation sites is 1. The first kappa shape index (κ1) is 17.2. The van der Waals surface area contributed by atoms with Gasteiger partial charge in [0.25, 0.3) is 5.91 Å². The van der Waals surface area contributed by atoms with Gasteiger partial charge in [-0.1, -0.05) is 48.5 Å².